The number of carbonyl (C=O) groups is 2. The number of amides is 1. The number of hydrogen-bond acceptors (Lipinski definition) is 4. The minimum Gasteiger partial charge on any atom is -0.469 e. The Labute approximate surface area is 96.1 Å². The standard InChI is InChI=1S/C11H20N2O3/c1-9(14)12-10(8-11(15)16-2)13-6-4-3-5-7-13/h10H,3-8H2,1-2H3,(H,12,14)/t10-/m1/s1. The molecule has 1 fully saturated rings. The van der Waals surface area contributed by atoms with Gasteiger partial charge in [0.1, 0.15) is 0 Å². The molecule has 0 aromatic heterocycles. The van der Waals surface area contributed by atoms with E-state index in [0.717, 1.165) is 25.9 Å². The maximum atomic E-state index is 11.2. The highest BCUT2D eigenvalue weighted by Gasteiger charge is 2.23. The van der Waals surface area contributed by atoms with Crippen LogP contribution in [0.25, 0.3) is 0 Å². The molecule has 0 aromatic carbocycles. The fourth-order valence-electron chi connectivity index (χ4n) is 1.98. The topological polar surface area (TPSA) is 58.6 Å². The highest BCUT2D eigenvalue weighted by atomic mass is 16.5. The monoisotopic (exact) mass is 228 g/mol. The van der Waals surface area contributed by atoms with Crippen LogP contribution in [0.3, 0.4) is 0 Å². The number of esters is 1. The lowest BCUT2D eigenvalue weighted by atomic mass is 10.1. The zero-order chi connectivity index (χ0) is 12.0. The molecular formula is C11H20N2O3. The number of rotatable bonds is 4. The Morgan fingerprint density at radius 3 is 2.44 bits per heavy atom. The van der Waals surface area contributed by atoms with Crippen LogP contribution >= 0.6 is 0 Å². The molecule has 1 amide bonds. The molecule has 1 rings (SSSR count). The summed E-state index contributed by atoms with van der Waals surface area (Å²) in [5.41, 5.74) is 0. The third kappa shape index (κ3) is 4.18. The molecule has 1 heterocycles. The molecule has 1 N–H and O–H groups in total. The largest absolute Gasteiger partial charge is 0.469 e. The molecule has 0 radical (unpaired) electrons. The zero-order valence-electron chi connectivity index (χ0n) is 9.99. The molecule has 1 aliphatic rings. The first-order valence-electron chi connectivity index (χ1n) is 5.71. The maximum Gasteiger partial charge on any atom is 0.308 e. The van der Waals surface area contributed by atoms with Crippen molar-refractivity contribution in [3.63, 3.8) is 0 Å². The molecule has 0 aromatic rings. The maximum absolute atomic E-state index is 11.2. The van der Waals surface area contributed by atoms with Gasteiger partial charge in [-0.15, -0.1) is 0 Å². The number of hydrogen-bond donors (Lipinski definition) is 1. The first-order chi connectivity index (χ1) is 7.63. The van der Waals surface area contributed by atoms with Gasteiger partial charge in [0.25, 0.3) is 0 Å². The molecule has 5 nitrogen and oxygen atoms in total. The van der Waals surface area contributed by atoms with Gasteiger partial charge in [-0.1, -0.05) is 6.42 Å². The van der Waals surface area contributed by atoms with Crippen molar-refractivity contribution in [2.45, 2.75) is 38.8 Å². The highest BCUT2D eigenvalue weighted by molar-refractivity contribution is 5.75. The van der Waals surface area contributed by atoms with Crippen LogP contribution < -0.4 is 5.32 Å². The lowest BCUT2D eigenvalue weighted by Gasteiger charge is -2.34. The second-order valence-electron chi connectivity index (χ2n) is 4.09. The van der Waals surface area contributed by atoms with E-state index in [1.807, 2.05) is 0 Å². The number of nitrogens with zero attached hydrogens (tertiary/aromatic N) is 1. The van der Waals surface area contributed by atoms with E-state index in [9.17, 15) is 9.59 Å². The summed E-state index contributed by atoms with van der Waals surface area (Å²) in [5.74, 6) is -0.399. The van der Waals surface area contributed by atoms with Crippen molar-refractivity contribution in [3.8, 4) is 0 Å². The molecule has 1 aliphatic heterocycles. The normalized spacial score (nSPS) is 18.9. The summed E-state index contributed by atoms with van der Waals surface area (Å²) in [5, 5.41) is 2.80. The van der Waals surface area contributed by atoms with Gasteiger partial charge < -0.3 is 10.1 Å². The molecule has 1 atom stereocenters. The van der Waals surface area contributed by atoms with Crippen LogP contribution in [0.5, 0.6) is 0 Å². The molecule has 5 heteroatoms. The van der Waals surface area contributed by atoms with Gasteiger partial charge in [0, 0.05) is 20.0 Å². The van der Waals surface area contributed by atoms with Crippen LogP contribution in [-0.4, -0.2) is 43.1 Å². The summed E-state index contributed by atoms with van der Waals surface area (Å²) >= 11 is 0. The van der Waals surface area contributed by atoms with Crippen LogP contribution in [0.1, 0.15) is 32.6 Å². The van der Waals surface area contributed by atoms with Gasteiger partial charge in [-0.2, -0.15) is 0 Å². The molecule has 0 bridgehead atoms. The first-order valence-corrected chi connectivity index (χ1v) is 5.71. The summed E-state index contributed by atoms with van der Waals surface area (Å²) < 4.78 is 4.64. The Balaban J connectivity index is 2.53. The predicted octanol–water partition coefficient (Wildman–Crippen LogP) is 0.498. The van der Waals surface area contributed by atoms with Crippen LogP contribution in [-0.2, 0) is 14.3 Å². The number of carbonyl (C=O) groups excluding carboxylic acids is 2. The van der Waals surface area contributed by atoms with Crippen molar-refractivity contribution in [2.75, 3.05) is 20.2 Å². The SMILES string of the molecule is COC(=O)C[C@H](NC(C)=O)N1CCCCC1. The third-order valence-corrected chi connectivity index (χ3v) is 2.79. The van der Waals surface area contributed by atoms with Gasteiger partial charge in [0.2, 0.25) is 5.91 Å². The fraction of sp³-hybridized carbons (Fsp3) is 0.818. The van der Waals surface area contributed by atoms with Crippen molar-refractivity contribution >= 4 is 11.9 Å². The number of piperidine rings is 1. The first kappa shape index (κ1) is 13.0. The predicted molar refractivity (Wildman–Crippen MR) is 59.7 cm³/mol. The van der Waals surface area contributed by atoms with E-state index in [4.69, 9.17) is 0 Å². The second kappa shape index (κ2) is 6.48. The average Bonchev–Trinajstić information content (AvgIpc) is 2.28. The Bertz CT molecular complexity index is 250. The summed E-state index contributed by atoms with van der Waals surface area (Å²) in [6.07, 6.45) is 3.47. The van der Waals surface area contributed by atoms with E-state index in [-0.39, 0.29) is 24.5 Å². The molecule has 0 saturated carbocycles. The number of methoxy groups -OCH3 is 1. The minimum atomic E-state index is -0.288. The van der Waals surface area contributed by atoms with Crippen LogP contribution in [0.15, 0.2) is 0 Å². The molecule has 1 saturated heterocycles. The van der Waals surface area contributed by atoms with Gasteiger partial charge in [-0.05, 0) is 12.8 Å². The molecule has 92 valence electrons. The number of likely N-dealkylation sites (tertiary alicyclic amines) is 1. The Hall–Kier alpha value is -1.10. The summed E-state index contributed by atoms with van der Waals surface area (Å²) in [6, 6.07) is 0. The highest BCUT2D eigenvalue weighted by Crippen LogP contribution is 2.13. The summed E-state index contributed by atoms with van der Waals surface area (Å²) in [6.45, 7) is 3.33. The van der Waals surface area contributed by atoms with Crippen molar-refractivity contribution in [1.82, 2.24) is 10.2 Å². The Morgan fingerprint density at radius 1 is 1.31 bits per heavy atom. The smallest absolute Gasteiger partial charge is 0.308 e. The molecule has 16 heavy (non-hydrogen) atoms. The van der Waals surface area contributed by atoms with Gasteiger partial charge >= 0.3 is 5.97 Å². The van der Waals surface area contributed by atoms with E-state index in [1.165, 1.54) is 20.5 Å². The van der Waals surface area contributed by atoms with Crippen molar-refractivity contribution in [3.05, 3.63) is 0 Å². The lowest BCUT2D eigenvalue weighted by Crippen LogP contribution is -2.50. The van der Waals surface area contributed by atoms with E-state index >= 15 is 0 Å². The van der Waals surface area contributed by atoms with Crippen molar-refractivity contribution in [2.24, 2.45) is 0 Å². The second-order valence-corrected chi connectivity index (χ2v) is 4.09. The van der Waals surface area contributed by atoms with Gasteiger partial charge in [-0.25, -0.2) is 0 Å². The van der Waals surface area contributed by atoms with E-state index in [1.54, 1.807) is 0 Å². The third-order valence-electron chi connectivity index (χ3n) is 2.79. The van der Waals surface area contributed by atoms with E-state index < -0.39 is 0 Å². The average molecular weight is 228 g/mol. The zero-order valence-corrected chi connectivity index (χ0v) is 9.99. The molecule has 0 aliphatic carbocycles. The van der Waals surface area contributed by atoms with E-state index in [0.29, 0.717) is 0 Å². The van der Waals surface area contributed by atoms with Gasteiger partial charge in [-0.3, -0.25) is 14.5 Å². The molecule has 0 spiro atoms. The lowest BCUT2D eigenvalue weighted by molar-refractivity contribution is -0.142. The van der Waals surface area contributed by atoms with Gasteiger partial charge in [0.05, 0.1) is 19.7 Å². The summed E-state index contributed by atoms with van der Waals surface area (Å²) in [4.78, 5) is 24.5. The summed E-state index contributed by atoms with van der Waals surface area (Å²) in [7, 11) is 1.36. The fourth-order valence-corrected chi connectivity index (χ4v) is 1.98. The number of ether oxygens (including phenoxy) is 1. The Kier molecular flexibility index (Phi) is 5.25. The van der Waals surface area contributed by atoms with Crippen molar-refractivity contribution in [1.29, 1.82) is 0 Å². The molecular weight excluding hydrogens is 208 g/mol. The van der Waals surface area contributed by atoms with Crippen molar-refractivity contribution < 1.29 is 14.3 Å². The van der Waals surface area contributed by atoms with Gasteiger partial charge in [0.15, 0.2) is 0 Å². The molecule has 0 unspecified atom stereocenters. The van der Waals surface area contributed by atoms with Crippen LogP contribution in [0, 0.1) is 0 Å². The Morgan fingerprint density at radius 2 is 1.94 bits per heavy atom. The van der Waals surface area contributed by atoms with Crippen LogP contribution in [0.2, 0.25) is 0 Å². The quantitative estimate of drug-likeness (QED) is 0.712. The van der Waals surface area contributed by atoms with Crippen LogP contribution in [0.4, 0.5) is 0 Å². The number of nitrogens with one attached hydrogen (secondary N) is 1. The minimum absolute atomic E-state index is 0.112. The van der Waals surface area contributed by atoms with E-state index in [2.05, 4.69) is 15.0 Å².